The van der Waals surface area contributed by atoms with Crippen LogP contribution in [0.5, 0.6) is 0 Å². The molecule has 9 heteroatoms. The molecule has 2 rings (SSSR count). The van der Waals surface area contributed by atoms with Crippen LogP contribution in [0.4, 0.5) is 23.7 Å². The van der Waals surface area contributed by atoms with E-state index in [9.17, 15) is 18.0 Å². The molecule has 0 aliphatic rings. The minimum Gasteiger partial charge on any atom is -0.351 e. The van der Waals surface area contributed by atoms with Crippen LogP contribution in [0, 0.1) is 0 Å². The highest BCUT2D eigenvalue weighted by Crippen LogP contribution is 2.36. The number of aryl methyl sites for hydroxylation is 1. The number of nitrogens with two attached hydrogens (primary N) is 1. The van der Waals surface area contributed by atoms with Crippen LogP contribution >= 0.6 is 0 Å². The van der Waals surface area contributed by atoms with Gasteiger partial charge in [-0.05, 0) is 25.0 Å². The number of alkyl halides is 3. The van der Waals surface area contributed by atoms with Crippen molar-refractivity contribution in [2.75, 3.05) is 11.7 Å². The van der Waals surface area contributed by atoms with E-state index >= 15 is 0 Å². The molecule has 0 unspecified atom stereocenters. The second-order valence-electron chi connectivity index (χ2n) is 4.64. The van der Waals surface area contributed by atoms with Gasteiger partial charge in [-0.15, -0.1) is 0 Å². The van der Waals surface area contributed by atoms with E-state index in [0.29, 0.717) is 17.9 Å². The number of imidazole rings is 1. The van der Waals surface area contributed by atoms with Crippen molar-refractivity contribution in [1.29, 1.82) is 0 Å². The van der Waals surface area contributed by atoms with Crippen LogP contribution in [0.1, 0.15) is 17.7 Å². The summed E-state index contributed by atoms with van der Waals surface area (Å²) in [6.07, 6.45) is -0.390. The predicted molar refractivity (Wildman–Crippen MR) is 76.4 cm³/mol. The fourth-order valence-electron chi connectivity index (χ4n) is 1.98. The lowest BCUT2D eigenvalue weighted by Gasteiger charge is -2.23. The molecule has 124 valence electrons. The molecule has 0 saturated heterocycles. The van der Waals surface area contributed by atoms with E-state index in [1.165, 1.54) is 18.5 Å². The number of aromatic nitrogens is 2. The van der Waals surface area contributed by atoms with E-state index < -0.39 is 23.5 Å². The van der Waals surface area contributed by atoms with Crippen molar-refractivity contribution in [2.24, 2.45) is 5.73 Å². The van der Waals surface area contributed by atoms with Crippen molar-refractivity contribution in [3.05, 3.63) is 48.0 Å². The van der Waals surface area contributed by atoms with Crippen LogP contribution in [0.25, 0.3) is 0 Å². The number of rotatable bonds is 6. The van der Waals surface area contributed by atoms with Gasteiger partial charge in [-0.25, -0.2) is 9.78 Å². The number of aromatic amines is 1. The summed E-state index contributed by atoms with van der Waals surface area (Å²) in [5.74, 6) is 0. The summed E-state index contributed by atoms with van der Waals surface area (Å²) in [4.78, 5) is 23.4. The molecule has 2 amide bonds. The molecule has 0 saturated carbocycles. The summed E-state index contributed by atoms with van der Waals surface area (Å²) >= 11 is 0. The van der Waals surface area contributed by atoms with Gasteiger partial charge in [-0.1, -0.05) is 12.1 Å². The molecular formula is C14H15F3N4O2. The molecular weight excluding hydrogens is 313 g/mol. The van der Waals surface area contributed by atoms with Crippen molar-refractivity contribution < 1.29 is 22.8 Å². The molecule has 1 aromatic carbocycles. The van der Waals surface area contributed by atoms with E-state index in [2.05, 4.69) is 9.97 Å². The topological polar surface area (TPSA) is 84.2 Å². The first kappa shape index (κ1) is 16.8. The molecule has 1 heterocycles. The molecule has 6 nitrogen and oxygen atoms in total. The Hall–Kier alpha value is -2.55. The number of amides is 2. The fourth-order valence-corrected chi connectivity index (χ4v) is 1.98. The number of H-pyrrole nitrogens is 1. The molecule has 0 bridgehead atoms. The van der Waals surface area contributed by atoms with Gasteiger partial charge in [0.1, 0.15) is 0 Å². The molecule has 1 aromatic heterocycles. The van der Waals surface area contributed by atoms with Crippen LogP contribution in [-0.4, -0.2) is 22.6 Å². The van der Waals surface area contributed by atoms with Gasteiger partial charge >= 0.3 is 12.2 Å². The van der Waals surface area contributed by atoms with Gasteiger partial charge in [0.15, 0.2) is 0 Å². The number of primary amides is 1. The summed E-state index contributed by atoms with van der Waals surface area (Å²) in [6, 6.07) is 3.46. The Kier molecular flexibility index (Phi) is 5.22. The molecule has 23 heavy (non-hydrogen) atoms. The van der Waals surface area contributed by atoms with Crippen LogP contribution in [-0.2, 0) is 17.4 Å². The number of para-hydroxylation sites is 1. The number of hydrogen-bond acceptors (Lipinski definition) is 3. The summed E-state index contributed by atoms with van der Waals surface area (Å²) in [5, 5.41) is 0.466. The van der Waals surface area contributed by atoms with Crippen LogP contribution in [0.15, 0.2) is 36.8 Å². The minimum absolute atomic E-state index is 0.0159. The van der Waals surface area contributed by atoms with E-state index in [-0.39, 0.29) is 6.61 Å². The smallest absolute Gasteiger partial charge is 0.351 e. The van der Waals surface area contributed by atoms with E-state index in [0.717, 1.165) is 17.8 Å². The normalized spacial score (nSPS) is 11.4. The lowest BCUT2D eigenvalue weighted by atomic mass is 10.1. The monoisotopic (exact) mass is 328 g/mol. The van der Waals surface area contributed by atoms with Crippen LogP contribution < -0.4 is 10.8 Å². The zero-order valence-electron chi connectivity index (χ0n) is 12.0. The van der Waals surface area contributed by atoms with E-state index in [1.54, 1.807) is 6.20 Å². The number of nitrogens with zero attached hydrogens (tertiary/aromatic N) is 2. The number of nitrogens with one attached hydrogen (secondary N) is 1. The maximum Gasteiger partial charge on any atom is 0.418 e. The largest absolute Gasteiger partial charge is 0.418 e. The highest BCUT2D eigenvalue weighted by atomic mass is 19.4. The lowest BCUT2D eigenvalue weighted by Crippen LogP contribution is -2.37. The minimum atomic E-state index is -4.62. The van der Waals surface area contributed by atoms with Gasteiger partial charge < -0.3 is 10.7 Å². The zero-order chi connectivity index (χ0) is 16.9. The third-order valence-electron chi connectivity index (χ3n) is 2.98. The van der Waals surface area contributed by atoms with Crippen molar-refractivity contribution >= 4 is 11.7 Å². The van der Waals surface area contributed by atoms with Crippen molar-refractivity contribution in [3.63, 3.8) is 0 Å². The summed E-state index contributed by atoms with van der Waals surface area (Å²) < 4.78 is 39.0. The number of urea groups is 1. The standard InChI is InChI=1S/C14H15F3N4O2/c15-14(16,17)11-5-1-2-6-12(11)21(13(18)22)23-7-3-4-10-8-19-9-20-10/h1-2,5-6,8-9H,3-4,7H2,(H2,18,22)(H,19,20). The molecule has 2 aromatic rings. The fraction of sp³-hybridized carbons (Fsp3) is 0.286. The molecule has 0 atom stereocenters. The Morgan fingerprint density at radius 3 is 2.70 bits per heavy atom. The maximum absolute atomic E-state index is 13.0. The first-order valence-corrected chi connectivity index (χ1v) is 6.76. The zero-order valence-corrected chi connectivity index (χ0v) is 12.0. The first-order valence-electron chi connectivity index (χ1n) is 6.76. The Morgan fingerprint density at radius 1 is 1.35 bits per heavy atom. The number of carbonyl (C=O) groups is 1. The molecule has 0 aliphatic carbocycles. The van der Waals surface area contributed by atoms with Crippen molar-refractivity contribution in [2.45, 2.75) is 19.0 Å². The van der Waals surface area contributed by atoms with Gasteiger partial charge in [0.05, 0.1) is 29.9 Å². The van der Waals surface area contributed by atoms with Gasteiger partial charge in [-0.3, -0.25) is 4.84 Å². The third-order valence-corrected chi connectivity index (χ3v) is 2.98. The predicted octanol–water partition coefficient (Wildman–Crippen LogP) is 2.88. The summed E-state index contributed by atoms with van der Waals surface area (Å²) in [5.41, 5.74) is 4.49. The quantitative estimate of drug-likeness (QED) is 0.632. The lowest BCUT2D eigenvalue weighted by molar-refractivity contribution is -0.137. The Bertz CT molecular complexity index is 644. The Labute approximate surface area is 130 Å². The van der Waals surface area contributed by atoms with Crippen molar-refractivity contribution in [3.8, 4) is 0 Å². The second-order valence-corrected chi connectivity index (χ2v) is 4.64. The number of hydroxylamine groups is 1. The molecule has 0 aliphatic heterocycles. The Morgan fingerprint density at radius 2 is 2.09 bits per heavy atom. The molecule has 0 spiro atoms. The third kappa shape index (κ3) is 4.46. The van der Waals surface area contributed by atoms with Gasteiger partial charge in [0.2, 0.25) is 0 Å². The average molecular weight is 328 g/mol. The van der Waals surface area contributed by atoms with Gasteiger partial charge in [0, 0.05) is 6.20 Å². The van der Waals surface area contributed by atoms with E-state index in [1.807, 2.05) is 0 Å². The van der Waals surface area contributed by atoms with E-state index in [4.69, 9.17) is 10.6 Å². The molecule has 3 N–H and O–H groups in total. The number of hydrogen-bond donors (Lipinski definition) is 2. The summed E-state index contributed by atoms with van der Waals surface area (Å²) in [7, 11) is 0. The second kappa shape index (κ2) is 7.14. The number of halogens is 3. The maximum atomic E-state index is 13.0. The van der Waals surface area contributed by atoms with Crippen molar-refractivity contribution in [1.82, 2.24) is 9.97 Å². The highest BCUT2D eigenvalue weighted by Gasteiger charge is 2.36. The number of carbonyl (C=O) groups excluding carboxylic acids is 1. The SMILES string of the molecule is NC(=O)N(OCCCc1c[nH]cn1)c1ccccc1C(F)(F)F. The van der Waals surface area contributed by atoms with Crippen LogP contribution in [0.2, 0.25) is 0 Å². The number of anilines is 1. The Balaban J connectivity index is 2.05. The van der Waals surface area contributed by atoms with Gasteiger partial charge in [0.25, 0.3) is 0 Å². The molecule has 0 radical (unpaired) electrons. The van der Waals surface area contributed by atoms with Crippen LogP contribution in [0.3, 0.4) is 0 Å². The first-order chi connectivity index (χ1) is 10.9. The number of benzene rings is 1. The highest BCUT2D eigenvalue weighted by molar-refractivity contribution is 5.89. The molecule has 0 fully saturated rings. The summed E-state index contributed by atoms with van der Waals surface area (Å²) in [6.45, 7) is 0.0159. The average Bonchev–Trinajstić information content (AvgIpc) is 2.99. The van der Waals surface area contributed by atoms with Gasteiger partial charge in [-0.2, -0.15) is 18.2 Å².